The predicted molar refractivity (Wildman–Crippen MR) is 91.0 cm³/mol. The summed E-state index contributed by atoms with van der Waals surface area (Å²) in [5.74, 6) is 0. The van der Waals surface area contributed by atoms with Crippen molar-refractivity contribution in [2.75, 3.05) is 25.0 Å². The van der Waals surface area contributed by atoms with Gasteiger partial charge in [0.05, 0.1) is 0 Å². The number of hydrogen-bond donors (Lipinski definition) is 1. The molecule has 0 spiro atoms. The van der Waals surface area contributed by atoms with Crippen molar-refractivity contribution in [3.05, 3.63) is 29.8 Å². The van der Waals surface area contributed by atoms with Gasteiger partial charge < -0.3 is 10.2 Å². The van der Waals surface area contributed by atoms with E-state index in [4.69, 9.17) is 0 Å². The maximum absolute atomic E-state index is 3.81. The molecule has 2 saturated carbocycles. The molecule has 1 N–H and O–H groups in total. The molecule has 2 aliphatic rings. The summed E-state index contributed by atoms with van der Waals surface area (Å²) in [6, 6.07) is 9.61. The highest BCUT2D eigenvalue weighted by Crippen LogP contribution is 2.38. The van der Waals surface area contributed by atoms with Gasteiger partial charge in [0.2, 0.25) is 0 Å². The zero-order valence-corrected chi connectivity index (χ0v) is 13.7. The summed E-state index contributed by atoms with van der Waals surface area (Å²) < 4.78 is 0. The number of aryl methyl sites for hydroxylation is 1. The van der Waals surface area contributed by atoms with E-state index < -0.39 is 0 Å². The second kappa shape index (κ2) is 6.39. The Balaban J connectivity index is 1.69. The molecule has 0 amide bonds. The van der Waals surface area contributed by atoms with Crippen LogP contribution in [0.15, 0.2) is 24.3 Å². The van der Waals surface area contributed by atoms with Crippen LogP contribution in [0.2, 0.25) is 0 Å². The lowest BCUT2D eigenvalue weighted by molar-refractivity contribution is 0.188. The molecular formula is C19H30N2. The number of nitrogens with one attached hydrogen (secondary N) is 1. The molecule has 2 nitrogen and oxygen atoms in total. The molecule has 0 saturated heterocycles. The van der Waals surface area contributed by atoms with Gasteiger partial charge in [-0.05, 0) is 44.2 Å². The zero-order chi connectivity index (χ0) is 14.7. The smallest absolute Gasteiger partial charge is 0.0393 e. The number of benzene rings is 1. The summed E-state index contributed by atoms with van der Waals surface area (Å²) in [4.78, 5) is 2.50. The van der Waals surface area contributed by atoms with Gasteiger partial charge in [0.15, 0.2) is 0 Å². The van der Waals surface area contributed by atoms with Crippen LogP contribution in [0.1, 0.15) is 50.5 Å². The Kier molecular flexibility index (Phi) is 4.54. The molecule has 116 valence electrons. The van der Waals surface area contributed by atoms with Crippen LogP contribution < -0.4 is 10.2 Å². The monoisotopic (exact) mass is 286 g/mol. The third-order valence-corrected chi connectivity index (χ3v) is 5.36. The second-order valence-corrected chi connectivity index (χ2v) is 7.36. The van der Waals surface area contributed by atoms with Gasteiger partial charge >= 0.3 is 0 Å². The molecule has 0 aliphatic heterocycles. The minimum atomic E-state index is 0.484. The van der Waals surface area contributed by atoms with Crippen LogP contribution in [-0.4, -0.2) is 26.2 Å². The van der Waals surface area contributed by atoms with Gasteiger partial charge in [-0.2, -0.15) is 0 Å². The maximum atomic E-state index is 3.81. The van der Waals surface area contributed by atoms with E-state index in [1.807, 2.05) is 0 Å². The normalized spacial score (nSPS) is 21.2. The van der Waals surface area contributed by atoms with Crippen LogP contribution in [0.3, 0.4) is 0 Å². The molecule has 2 fully saturated rings. The average Bonchev–Trinajstić information content (AvgIpc) is 3.31. The minimum absolute atomic E-state index is 0.484. The molecule has 2 heteroatoms. The van der Waals surface area contributed by atoms with Crippen molar-refractivity contribution in [1.29, 1.82) is 0 Å². The quantitative estimate of drug-likeness (QED) is 0.845. The van der Waals surface area contributed by atoms with E-state index in [1.165, 1.54) is 69.3 Å². The highest BCUT2D eigenvalue weighted by molar-refractivity contribution is 5.52. The van der Waals surface area contributed by atoms with Crippen molar-refractivity contribution in [3.63, 3.8) is 0 Å². The topological polar surface area (TPSA) is 15.3 Å². The van der Waals surface area contributed by atoms with Gasteiger partial charge in [0.1, 0.15) is 0 Å². The van der Waals surface area contributed by atoms with Crippen molar-refractivity contribution in [2.45, 2.75) is 57.9 Å². The van der Waals surface area contributed by atoms with Crippen LogP contribution in [0, 0.1) is 12.3 Å². The number of hydrogen-bond acceptors (Lipinski definition) is 2. The van der Waals surface area contributed by atoms with E-state index in [1.54, 1.807) is 0 Å². The lowest BCUT2D eigenvalue weighted by Gasteiger charge is -2.41. The lowest BCUT2D eigenvalue weighted by atomic mass is 9.73. The number of para-hydroxylation sites is 1. The molecule has 0 bridgehead atoms. The Morgan fingerprint density at radius 2 is 1.86 bits per heavy atom. The first-order valence-electron chi connectivity index (χ1n) is 8.69. The summed E-state index contributed by atoms with van der Waals surface area (Å²) in [6.07, 6.45) is 9.82. The van der Waals surface area contributed by atoms with E-state index in [9.17, 15) is 0 Å². The van der Waals surface area contributed by atoms with Gasteiger partial charge in [0.25, 0.3) is 0 Å². The predicted octanol–water partition coefficient (Wildman–Crippen LogP) is 4.13. The Morgan fingerprint density at radius 1 is 1.14 bits per heavy atom. The van der Waals surface area contributed by atoms with E-state index in [0.717, 1.165) is 6.04 Å². The van der Waals surface area contributed by atoms with E-state index in [0.29, 0.717) is 5.41 Å². The lowest BCUT2D eigenvalue weighted by Crippen LogP contribution is -2.45. The third-order valence-electron chi connectivity index (χ3n) is 5.36. The third kappa shape index (κ3) is 3.79. The number of rotatable bonds is 6. The fraction of sp³-hybridized carbons (Fsp3) is 0.684. The van der Waals surface area contributed by atoms with Crippen LogP contribution in [-0.2, 0) is 0 Å². The molecule has 0 heterocycles. The molecule has 0 aromatic heterocycles. The van der Waals surface area contributed by atoms with Crippen LogP contribution in [0.25, 0.3) is 0 Å². The first-order chi connectivity index (χ1) is 10.2. The van der Waals surface area contributed by atoms with Crippen LogP contribution in [0.5, 0.6) is 0 Å². The van der Waals surface area contributed by atoms with E-state index in [2.05, 4.69) is 48.5 Å². The fourth-order valence-corrected chi connectivity index (χ4v) is 3.92. The molecule has 0 atom stereocenters. The first-order valence-corrected chi connectivity index (χ1v) is 8.69. The minimum Gasteiger partial charge on any atom is -0.374 e. The molecule has 1 aromatic carbocycles. The summed E-state index contributed by atoms with van der Waals surface area (Å²) >= 11 is 0. The second-order valence-electron chi connectivity index (χ2n) is 7.36. The number of nitrogens with zero attached hydrogens (tertiary/aromatic N) is 1. The van der Waals surface area contributed by atoms with Crippen LogP contribution >= 0.6 is 0 Å². The molecule has 1 aromatic rings. The molecular weight excluding hydrogens is 256 g/mol. The summed E-state index contributed by atoms with van der Waals surface area (Å²) in [7, 11) is 2.27. The maximum Gasteiger partial charge on any atom is 0.0393 e. The SMILES string of the molecule is Cc1ccccc1N(C)CC1(CNC2CC2)CCCCC1. The van der Waals surface area contributed by atoms with Gasteiger partial charge in [-0.3, -0.25) is 0 Å². The largest absolute Gasteiger partial charge is 0.374 e. The molecule has 21 heavy (non-hydrogen) atoms. The zero-order valence-electron chi connectivity index (χ0n) is 13.7. The number of anilines is 1. The highest BCUT2D eigenvalue weighted by atomic mass is 15.1. The van der Waals surface area contributed by atoms with Crippen molar-refractivity contribution < 1.29 is 0 Å². The van der Waals surface area contributed by atoms with Crippen molar-refractivity contribution >= 4 is 5.69 Å². The van der Waals surface area contributed by atoms with Gasteiger partial charge in [-0.1, -0.05) is 37.5 Å². The van der Waals surface area contributed by atoms with E-state index in [-0.39, 0.29) is 0 Å². The Morgan fingerprint density at radius 3 is 2.52 bits per heavy atom. The fourth-order valence-electron chi connectivity index (χ4n) is 3.92. The van der Waals surface area contributed by atoms with Gasteiger partial charge in [0, 0.05) is 37.3 Å². The van der Waals surface area contributed by atoms with Crippen molar-refractivity contribution in [1.82, 2.24) is 5.32 Å². The average molecular weight is 286 g/mol. The Bertz CT molecular complexity index is 458. The highest BCUT2D eigenvalue weighted by Gasteiger charge is 2.35. The Hall–Kier alpha value is -1.02. The summed E-state index contributed by atoms with van der Waals surface area (Å²) in [6.45, 7) is 4.63. The Labute approximate surface area is 129 Å². The van der Waals surface area contributed by atoms with Gasteiger partial charge in [-0.25, -0.2) is 0 Å². The molecule has 0 radical (unpaired) electrons. The summed E-state index contributed by atoms with van der Waals surface area (Å²) in [5, 5.41) is 3.81. The van der Waals surface area contributed by atoms with Crippen LogP contribution in [0.4, 0.5) is 5.69 Å². The van der Waals surface area contributed by atoms with Gasteiger partial charge in [-0.15, -0.1) is 0 Å². The molecule has 3 rings (SSSR count). The first kappa shape index (κ1) is 14.9. The molecule has 2 aliphatic carbocycles. The molecule has 0 unspecified atom stereocenters. The van der Waals surface area contributed by atoms with E-state index >= 15 is 0 Å². The standard InChI is InChI=1S/C19H30N2/c1-16-8-4-5-9-18(16)21(2)15-19(12-6-3-7-13-19)14-20-17-10-11-17/h4-5,8-9,17,20H,3,6-7,10-15H2,1-2H3. The van der Waals surface area contributed by atoms with Crippen molar-refractivity contribution in [2.24, 2.45) is 5.41 Å². The van der Waals surface area contributed by atoms with Crippen molar-refractivity contribution in [3.8, 4) is 0 Å². The summed E-state index contributed by atoms with van der Waals surface area (Å²) in [5.41, 5.74) is 3.27.